The van der Waals surface area contributed by atoms with Gasteiger partial charge in [0.25, 0.3) is 5.78 Å². The molecule has 1 aromatic rings. The molecule has 0 fully saturated rings. The van der Waals surface area contributed by atoms with E-state index in [1.54, 1.807) is 27.7 Å². The number of amides is 1. The van der Waals surface area contributed by atoms with Crippen molar-refractivity contribution in [2.24, 2.45) is 0 Å². The zero-order chi connectivity index (χ0) is 16.9. The van der Waals surface area contributed by atoms with Gasteiger partial charge in [-0.15, -0.1) is 0 Å². The molecule has 1 rings (SSSR count). The molecule has 0 radical (unpaired) electrons. The predicted octanol–water partition coefficient (Wildman–Crippen LogP) is 2.49. The van der Waals surface area contributed by atoms with Crippen molar-refractivity contribution in [1.82, 2.24) is 0 Å². The summed E-state index contributed by atoms with van der Waals surface area (Å²) in [6.07, 6.45) is -0.788. The van der Waals surface area contributed by atoms with Crippen molar-refractivity contribution in [3.05, 3.63) is 23.8 Å². The van der Waals surface area contributed by atoms with E-state index >= 15 is 0 Å². The number of ketones is 1. The van der Waals surface area contributed by atoms with E-state index in [0.29, 0.717) is 0 Å². The molecule has 0 aliphatic heterocycles. The molecular formula is C15H19NO6. The van der Waals surface area contributed by atoms with Crippen LogP contribution in [0.1, 0.15) is 38.1 Å². The second-order valence-corrected chi connectivity index (χ2v) is 5.41. The molecular weight excluding hydrogens is 290 g/mol. The second kappa shape index (κ2) is 6.93. The minimum atomic E-state index is -1.00. The Labute approximate surface area is 128 Å². The zero-order valence-corrected chi connectivity index (χ0v) is 12.9. The lowest BCUT2D eigenvalue weighted by atomic mass is 10.1. The van der Waals surface area contributed by atoms with E-state index in [0.717, 1.165) is 0 Å². The Balaban J connectivity index is 2.93. The van der Waals surface area contributed by atoms with Gasteiger partial charge in [0.05, 0.1) is 12.3 Å². The van der Waals surface area contributed by atoms with E-state index in [4.69, 9.17) is 4.74 Å². The van der Waals surface area contributed by atoms with Gasteiger partial charge in [0.2, 0.25) is 0 Å². The quantitative estimate of drug-likeness (QED) is 0.383. The Morgan fingerprint density at radius 1 is 1.23 bits per heavy atom. The number of esters is 1. The highest BCUT2D eigenvalue weighted by Crippen LogP contribution is 2.25. The third-order valence-electron chi connectivity index (χ3n) is 2.36. The average Bonchev–Trinajstić information content (AvgIpc) is 2.38. The molecule has 2 N–H and O–H groups in total. The van der Waals surface area contributed by atoms with Crippen LogP contribution >= 0.6 is 0 Å². The van der Waals surface area contributed by atoms with Crippen molar-refractivity contribution in [1.29, 1.82) is 0 Å². The number of carbonyl (C=O) groups excluding carboxylic acids is 3. The summed E-state index contributed by atoms with van der Waals surface area (Å²) in [6, 6.07) is 3.63. The number of hydrogen-bond donors (Lipinski definition) is 2. The molecule has 0 aliphatic rings. The van der Waals surface area contributed by atoms with Crippen molar-refractivity contribution in [3.63, 3.8) is 0 Å². The fourth-order valence-corrected chi connectivity index (χ4v) is 1.51. The van der Waals surface area contributed by atoms with Crippen LogP contribution in [0, 0.1) is 0 Å². The van der Waals surface area contributed by atoms with Gasteiger partial charge in [0, 0.05) is 5.56 Å². The van der Waals surface area contributed by atoms with Gasteiger partial charge in [0.15, 0.2) is 0 Å². The number of benzene rings is 1. The number of phenolic OH excluding ortho intramolecular Hbond substituents is 1. The molecule has 0 saturated heterocycles. The minimum absolute atomic E-state index is 0.0118. The molecule has 7 nitrogen and oxygen atoms in total. The first-order chi connectivity index (χ1) is 10.1. The van der Waals surface area contributed by atoms with Crippen LogP contribution in [0.15, 0.2) is 18.2 Å². The molecule has 0 bridgehead atoms. The summed E-state index contributed by atoms with van der Waals surface area (Å²) in [5.41, 5.74) is -0.760. The zero-order valence-electron chi connectivity index (χ0n) is 12.9. The first kappa shape index (κ1) is 17.5. The summed E-state index contributed by atoms with van der Waals surface area (Å²) in [7, 11) is 0. The van der Waals surface area contributed by atoms with Crippen molar-refractivity contribution >= 4 is 23.5 Å². The van der Waals surface area contributed by atoms with Gasteiger partial charge in [0.1, 0.15) is 11.4 Å². The normalized spacial score (nSPS) is 10.7. The molecule has 0 saturated carbocycles. The Morgan fingerprint density at radius 3 is 2.41 bits per heavy atom. The highest BCUT2D eigenvalue weighted by Gasteiger charge is 2.21. The SMILES string of the molecule is CCOC(=O)C(=O)c1ccc(O)c(NC(=O)OC(C)(C)C)c1. The van der Waals surface area contributed by atoms with E-state index in [1.807, 2.05) is 0 Å². The summed E-state index contributed by atoms with van der Waals surface area (Å²) in [5, 5.41) is 12.0. The number of aromatic hydroxyl groups is 1. The van der Waals surface area contributed by atoms with Crippen LogP contribution in [-0.4, -0.2) is 35.2 Å². The summed E-state index contributed by atoms with van der Waals surface area (Å²) in [6.45, 7) is 6.72. The molecule has 1 amide bonds. The van der Waals surface area contributed by atoms with E-state index in [1.165, 1.54) is 18.2 Å². The summed E-state index contributed by atoms with van der Waals surface area (Å²) in [4.78, 5) is 34.9. The number of hydrogen-bond acceptors (Lipinski definition) is 6. The smallest absolute Gasteiger partial charge is 0.412 e. The molecule has 0 aliphatic carbocycles. The van der Waals surface area contributed by atoms with E-state index in [9.17, 15) is 19.5 Å². The van der Waals surface area contributed by atoms with E-state index in [2.05, 4.69) is 10.1 Å². The molecule has 0 atom stereocenters. The highest BCUT2D eigenvalue weighted by atomic mass is 16.6. The molecule has 0 heterocycles. The Bertz CT molecular complexity index is 588. The Kier molecular flexibility index (Phi) is 5.50. The van der Waals surface area contributed by atoms with Crippen molar-refractivity contribution in [2.75, 3.05) is 11.9 Å². The molecule has 22 heavy (non-hydrogen) atoms. The van der Waals surface area contributed by atoms with Crippen LogP contribution in [0.4, 0.5) is 10.5 Å². The van der Waals surface area contributed by atoms with Crippen molar-refractivity contribution in [3.8, 4) is 5.75 Å². The van der Waals surface area contributed by atoms with Crippen LogP contribution in [0.3, 0.4) is 0 Å². The fourth-order valence-electron chi connectivity index (χ4n) is 1.51. The third-order valence-corrected chi connectivity index (χ3v) is 2.36. The predicted molar refractivity (Wildman–Crippen MR) is 78.9 cm³/mol. The summed E-state index contributed by atoms with van der Waals surface area (Å²) in [5.74, 6) is -2.13. The maximum Gasteiger partial charge on any atom is 0.412 e. The van der Waals surface area contributed by atoms with Gasteiger partial charge in [-0.2, -0.15) is 0 Å². The van der Waals surface area contributed by atoms with Crippen LogP contribution in [0.25, 0.3) is 0 Å². The summed E-state index contributed by atoms with van der Waals surface area (Å²) < 4.78 is 9.66. The first-order valence-corrected chi connectivity index (χ1v) is 6.68. The highest BCUT2D eigenvalue weighted by molar-refractivity contribution is 6.40. The van der Waals surface area contributed by atoms with Crippen molar-refractivity contribution < 1.29 is 29.0 Å². The van der Waals surface area contributed by atoms with Crippen LogP contribution in [0.5, 0.6) is 5.75 Å². The first-order valence-electron chi connectivity index (χ1n) is 6.68. The van der Waals surface area contributed by atoms with Crippen molar-refractivity contribution in [2.45, 2.75) is 33.3 Å². The van der Waals surface area contributed by atoms with Crippen LogP contribution < -0.4 is 5.32 Å². The van der Waals surface area contributed by atoms with E-state index in [-0.39, 0.29) is 23.6 Å². The lowest BCUT2D eigenvalue weighted by Gasteiger charge is -2.20. The van der Waals surface area contributed by atoms with E-state index < -0.39 is 23.4 Å². The molecule has 0 aromatic heterocycles. The maximum absolute atomic E-state index is 11.8. The third kappa shape index (κ3) is 5.08. The Hall–Kier alpha value is -2.57. The number of anilines is 1. The number of Topliss-reactive ketones (excluding diaryl/α,β-unsaturated/α-hetero) is 1. The number of nitrogens with one attached hydrogen (secondary N) is 1. The van der Waals surface area contributed by atoms with Crippen LogP contribution in [0.2, 0.25) is 0 Å². The average molecular weight is 309 g/mol. The molecule has 0 spiro atoms. The Morgan fingerprint density at radius 2 is 1.86 bits per heavy atom. The monoisotopic (exact) mass is 309 g/mol. The largest absolute Gasteiger partial charge is 0.506 e. The summed E-state index contributed by atoms with van der Waals surface area (Å²) >= 11 is 0. The molecule has 7 heteroatoms. The standard InChI is InChI=1S/C15H19NO6/c1-5-21-13(19)12(18)9-6-7-11(17)10(8-9)16-14(20)22-15(2,3)4/h6-8,17H,5H2,1-4H3,(H,16,20). The number of rotatable bonds is 4. The molecule has 1 aromatic carbocycles. The number of ether oxygens (including phenoxy) is 2. The molecule has 120 valence electrons. The maximum atomic E-state index is 11.8. The van der Waals surface area contributed by atoms with Gasteiger partial charge in [-0.3, -0.25) is 10.1 Å². The minimum Gasteiger partial charge on any atom is -0.506 e. The lowest BCUT2D eigenvalue weighted by Crippen LogP contribution is -2.27. The van der Waals surface area contributed by atoms with Gasteiger partial charge in [-0.05, 0) is 45.9 Å². The van der Waals surface area contributed by atoms with Gasteiger partial charge in [-0.25, -0.2) is 9.59 Å². The lowest BCUT2D eigenvalue weighted by molar-refractivity contribution is -0.137. The van der Waals surface area contributed by atoms with Crippen LogP contribution in [-0.2, 0) is 14.3 Å². The number of carbonyl (C=O) groups is 3. The van der Waals surface area contributed by atoms with Gasteiger partial charge >= 0.3 is 12.1 Å². The second-order valence-electron chi connectivity index (χ2n) is 5.41. The topological polar surface area (TPSA) is 102 Å². The van der Waals surface area contributed by atoms with Gasteiger partial charge < -0.3 is 14.6 Å². The fraction of sp³-hybridized carbons (Fsp3) is 0.400. The van der Waals surface area contributed by atoms with Gasteiger partial charge in [-0.1, -0.05) is 0 Å². The molecule has 0 unspecified atom stereocenters. The number of phenols is 1.